The summed E-state index contributed by atoms with van der Waals surface area (Å²) in [6.07, 6.45) is 0. The molecule has 0 heterocycles. The number of carboxylic acid groups (broad SMARTS) is 1. The zero-order chi connectivity index (χ0) is 15.1. The summed E-state index contributed by atoms with van der Waals surface area (Å²) in [5.74, 6) is -3.24. The van der Waals surface area contributed by atoms with Crippen molar-refractivity contribution in [3.05, 3.63) is 29.6 Å². The van der Waals surface area contributed by atoms with Crippen molar-refractivity contribution in [1.82, 2.24) is 0 Å². The van der Waals surface area contributed by atoms with Crippen LogP contribution < -0.4 is 5.32 Å². The van der Waals surface area contributed by atoms with Gasteiger partial charge in [0.05, 0.1) is 29.9 Å². The van der Waals surface area contributed by atoms with Crippen LogP contribution in [0.4, 0.5) is 10.1 Å². The molecule has 1 aromatic carbocycles. The molecule has 0 aliphatic heterocycles. The lowest BCUT2D eigenvalue weighted by molar-refractivity contribution is -0.133. The molecular weight excluding hydrogens is 289 g/mol. The van der Waals surface area contributed by atoms with Crippen LogP contribution in [0.1, 0.15) is 10.4 Å². The van der Waals surface area contributed by atoms with E-state index >= 15 is 0 Å². The molecule has 20 heavy (non-hydrogen) atoms. The minimum atomic E-state index is -1.03. The van der Waals surface area contributed by atoms with E-state index in [2.05, 4.69) is 10.1 Å². The molecule has 8 heteroatoms. The number of rotatable bonds is 6. The standard InChI is InChI=1S/C12H12FNO5S/c1-19-12(18)8-4-7(13)2-3-9(8)14-10(15)5-20-6-11(16)17/h2-4H,5-6H2,1H3,(H,14,15)(H,16,17). The number of carbonyl (C=O) groups is 3. The Morgan fingerprint density at radius 2 is 2.05 bits per heavy atom. The van der Waals surface area contributed by atoms with Gasteiger partial charge in [0.15, 0.2) is 0 Å². The number of hydrogen-bond donors (Lipinski definition) is 2. The first-order chi connectivity index (χ1) is 9.43. The number of anilines is 1. The number of aliphatic carboxylic acids is 1. The van der Waals surface area contributed by atoms with Crippen molar-refractivity contribution in [2.75, 3.05) is 23.9 Å². The van der Waals surface area contributed by atoms with Gasteiger partial charge in [-0.25, -0.2) is 9.18 Å². The van der Waals surface area contributed by atoms with Crippen LogP contribution in [-0.4, -0.2) is 41.6 Å². The molecule has 0 aliphatic carbocycles. The summed E-state index contributed by atoms with van der Waals surface area (Å²) in [7, 11) is 1.14. The monoisotopic (exact) mass is 301 g/mol. The summed E-state index contributed by atoms with van der Waals surface area (Å²) in [6.45, 7) is 0. The third-order valence-electron chi connectivity index (χ3n) is 2.12. The first kappa shape index (κ1) is 16.0. The van der Waals surface area contributed by atoms with Crippen LogP contribution in [0, 0.1) is 5.82 Å². The third-order valence-corrected chi connectivity index (χ3v) is 3.04. The highest BCUT2D eigenvalue weighted by Gasteiger charge is 2.15. The van der Waals surface area contributed by atoms with Gasteiger partial charge in [-0.15, -0.1) is 11.8 Å². The highest BCUT2D eigenvalue weighted by molar-refractivity contribution is 8.00. The molecule has 2 N–H and O–H groups in total. The average Bonchev–Trinajstić information content (AvgIpc) is 2.39. The van der Waals surface area contributed by atoms with E-state index in [1.54, 1.807) is 0 Å². The van der Waals surface area contributed by atoms with Gasteiger partial charge in [0, 0.05) is 0 Å². The SMILES string of the molecule is COC(=O)c1cc(F)ccc1NC(=O)CSCC(=O)O. The molecule has 0 aromatic heterocycles. The summed E-state index contributed by atoms with van der Waals surface area (Å²) < 4.78 is 17.6. The molecule has 0 radical (unpaired) electrons. The van der Waals surface area contributed by atoms with Crippen LogP contribution in [0.25, 0.3) is 0 Å². The Hall–Kier alpha value is -2.09. The summed E-state index contributed by atoms with van der Waals surface area (Å²) >= 11 is 0.910. The number of thioether (sulfide) groups is 1. The molecule has 0 saturated carbocycles. The van der Waals surface area contributed by atoms with E-state index < -0.39 is 23.7 Å². The van der Waals surface area contributed by atoms with E-state index in [-0.39, 0.29) is 22.8 Å². The van der Waals surface area contributed by atoms with Gasteiger partial charge in [0.1, 0.15) is 5.82 Å². The average molecular weight is 301 g/mol. The van der Waals surface area contributed by atoms with Gasteiger partial charge in [0.2, 0.25) is 5.91 Å². The largest absolute Gasteiger partial charge is 0.481 e. The predicted molar refractivity (Wildman–Crippen MR) is 71.3 cm³/mol. The number of ether oxygens (including phenoxy) is 1. The maximum Gasteiger partial charge on any atom is 0.340 e. The summed E-state index contributed by atoms with van der Waals surface area (Å²) in [6, 6.07) is 3.28. The molecule has 0 unspecified atom stereocenters. The van der Waals surface area contributed by atoms with E-state index in [4.69, 9.17) is 5.11 Å². The maximum atomic E-state index is 13.1. The van der Waals surface area contributed by atoms with Crippen molar-refractivity contribution in [1.29, 1.82) is 0 Å². The maximum absolute atomic E-state index is 13.1. The molecule has 6 nitrogen and oxygen atoms in total. The van der Waals surface area contributed by atoms with Gasteiger partial charge in [-0.2, -0.15) is 0 Å². The lowest BCUT2D eigenvalue weighted by atomic mass is 10.1. The van der Waals surface area contributed by atoms with Crippen LogP contribution in [0.15, 0.2) is 18.2 Å². The minimum Gasteiger partial charge on any atom is -0.481 e. The first-order valence-electron chi connectivity index (χ1n) is 5.41. The van der Waals surface area contributed by atoms with Gasteiger partial charge in [-0.3, -0.25) is 9.59 Å². The molecule has 0 bridgehead atoms. The van der Waals surface area contributed by atoms with Crippen LogP contribution in [0.5, 0.6) is 0 Å². The second kappa shape index (κ2) is 7.49. The van der Waals surface area contributed by atoms with Gasteiger partial charge >= 0.3 is 11.9 Å². The Labute approximate surface area is 118 Å². The smallest absolute Gasteiger partial charge is 0.340 e. The van der Waals surface area contributed by atoms with Crippen molar-refractivity contribution >= 4 is 35.3 Å². The number of nitrogens with one attached hydrogen (secondary N) is 1. The van der Waals surface area contributed by atoms with E-state index in [9.17, 15) is 18.8 Å². The highest BCUT2D eigenvalue weighted by Crippen LogP contribution is 2.18. The number of carbonyl (C=O) groups excluding carboxylic acids is 2. The quantitative estimate of drug-likeness (QED) is 0.771. The first-order valence-corrected chi connectivity index (χ1v) is 6.56. The predicted octanol–water partition coefficient (Wildman–Crippen LogP) is 1.37. The molecule has 1 amide bonds. The Kier molecular flexibility index (Phi) is 5.98. The molecule has 1 rings (SSSR count). The van der Waals surface area contributed by atoms with Gasteiger partial charge < -0.3 is 15.2 Å². The lowest BCUT2D eigenvalue weighted by Crippen LogP contribution is -2.18. The van der Waals surface area contributed by atoms with E-state index in [0.29, 0.717) is 0 Å². The number of methoxy groups -OCH3 is 1. The van der Waals surface area contributed by atoms with Crippen molar-refractivity contribution in [3.63, 3.8) is 0 Å². The molecule has 0 aliphatic rings. The second-order valence-electron chi connectivity index (χ2n) is 3.62. The number of esters is 1. The van der Waals surface area contributed by atoms with Crippen molar-refractivity contribution in [2.45, 2.75) is 0 Å². The minimum absolute atomic E-state index is 0.0930. The zero-order valence-electron chi connectivity index (χ0n) is 10.5. The fraction of sp³-hybridized carbons (Fsp3) is 0.250. The van der Waals surface area contributed by atoms with Gasteiger partial charge in [0.25, 0.3) is 0 Å². The normalized spacial score (nSPS) is 9.90. The molecule has 0 saturated heterocycles. The van der Waals surface area contributed by atoms with Crippen LogP contribution in [-0.2, 0) is 14.3 Å². The number of halogens is 1. The van der Waals surface area contributed by atoms with Crippen LogP contribution in [0.3, 0.4) is 0 Å². The Morgan fingerprint density at radius 3 is 2.65 bits per heavy atom. The van der Waals surface area contributed by atoms with Gasteiger partial charge in [-0.05, 0) is 18.2 Å². The van der Waals surface area contributed by atoms with Crippen molar-refractivity contribution in [2.24, 2.45) is 0 Å². The molecular formula is C12H12FNO5S. The number of amides is 1. The molecule has 108 valence electrons. The molecule has 0 atom stereocenters. The van der Waals surface area contributed by atoms with E-state index in [1.807, 2.05) is 0 Å². The number of benzene rings is 1. The fourth-order valence-electron chi connectivity index (χ4n) is 1.32. The highest BCUT2D eigenvalue weighted by atomic mass is 32.2. The Bertz CT molecular complexity index is 535. The van der Waals surface area contributed by atoms with Crippen LogP contribution >= 0.6 is 11.8 Å². The van der Waals surface area contributed by atoms with Crippen molar-refractivity contribution < 1.29 is 28.6 Å². The van der Waals surface area contributed by atoms with Gasteiger partial charge in [-0.1, -0.05) is 0 Å². The topological polar surface area (TPSA) is 92.7 Å². The Balaban J connectivity index is 2.74. The van der Waals surface area contributed by atoms with Crippen LogP contribution in [0.2, 0.25) is 0 Å². The summed E-state index contributed by atoms with van der Waals surface area (Å²) in [5, 5.41) is 10.8. The van der Waals surface area contributed by atoms with E-state index in [1.165, 1.54) is 6.07 Å². The van der Waals surface area contributed by atoms with Crippen molar-refractivity contribution in [3.8, 4) is 0 Å². The number of hydrogen-bond acceptors (Lipinski definition) is 5. The van der Waals surface area contributed by atoms with E-state index in [0.717, 1.165) is 31.0 Å². The lowest BCUT2D eigenvalue weighted by Gasteiger charge is -2.09. The molecule has 0 fully saturated rings. The Morgan fingerprint density at radius 1 is 1.35 bits per heavy atom. The third kappa shape index (κ3) is 4.88. The fourth-order valence-corrected chi connectivity index (χ4v) is 1.86. The summed E-state index contributed by atoms with van der Waals surface area (Å²) in [5.41, 5.74) is 0.00302. The number of carboxylic acids is 1. The zero-order valence-corrected chi connectivity index (χ0v) is 11.3. The molecule has 0 spiro atoms. The second-order valence-corrected chi connectivity index (χ2v) is 4.60. The molecule has 1 aromatic rings. The summed E-state index contributed by atoms with van der Waals surface area (Å²) in [4.78, 5) is 33.3.